The maximum absolute atomic E-state index is 13.6. The number of ether oxygens (including phenoxy) is 1. The van der Waals surface area contributed by atoms with Crippen molar-refractivity contribution >= 4 is 17.5 Å². The van der Waals surface area contributed by atoms with E-state index in [0.717, 1.165) is 0 Å². The molecule has 3 rings (SSSR count). The van der Waals surface area contributed by atoms with E-state index < -0.39 is 5.82 Å². The number of Topliss-reactive ketones (excluding diaryl/α,β-unsaturated/α-hetero) is 1. The molecule has 0 fully saturated rings. The van der Waals surface area contributed by atoms with Crippen LogP contribution in [0.3, 0.4) is 0 Å². The molecule has 0 amide bonds. The molecule has 1 heterocycles. The average Bonchev–Trinajstić information content (AvgIpc) is 3.08. The van der Waals surface area contributed by atoms with Crippen LogP contribution in [0.2, 0.25) is 0 Å². The highest BCUT2D eigenvalue weighted by Gasteiger charge is 2.15. The lowest BCUT2D eigenvalue weighted by atomic mass is 10.2. The first kappa shape index (κ1) is 18.1. The van der Waals surface area contributed by atoms with E-state index >= 15 is 0 Å². The summed E-state index contributed by atoms with van der Waals surface area (Å²) in [4.78, 5) is 12.2. The number of nitrogens with zero attached hydrogens (tertiary/aromatic N) is 3. The maximum atomic E-state index is 13.6. The van der Waals surface area contributed by atoms with Crippen LogP contribution in [0.4, 0.5) is 4.39 Å². The Hall–Kier alpha value is -2.67. The molecule has 0 N–H and O–H groups in total. The SMILES string of the molecule is CCn1c(COc2ccccc2F)nnc1SCC(=O)c1ccccc1. The lowest BCUT2D eigenvalue weighted by molar-refractivity contribution is 0.102. The normalized spacial score (nSPS) is 10.7. The molecule has 7 heteroatoms. The second kappa shape index (κ2) is 8.62. The molecule has 0 aliphatic rings. The van der Waals surface area contributed by atoms with Crippen LogP contribution >= 0.6 is 11.8 Å². The van der Waals surface area contributed by atoms with E-state index in [-0.39, 0.29) is 23.9 Å². The number of rotatable bonds is 8. The minimum atomic E-state index is -0.418. The number of hydrogen-bond acceptors (Lipinski definition) is 5. The molecular formula is C19H18FN3O2S. The smallest absolute Gasteiger partial charge is 0.191 e. The van der Waals surface area contributed by atoms with Crippen LogP contribution in [0, 0.1) is 5.82 Å². The topological polar surface area (TPSA) is 57.0 Å². The zero-order valence-electron chi connectivity index (χ0n) is 14.3. The molecule has 0 aliphatic heterocycles. The summed E-state index contributed by atoms with van der Waals surface area (Å²) in [7, 11) is 0. The van der Waals surface area contributed by atoms with Crippen molar-refractivity contribution in [1.82, 2.24) is 14.8 Å². The summed E-state index contributed by atoms with van der Waals surface area (Å²) in [6.07, 6.45) is 0. The molecule has 1 aromatic heterocycles. The van der Waals surface area contributed by atoms with Crippen LogP contribution < -0.4 is 4.74 Å². The van der Waals surface area contributed by atoms with Gasteiger partial charge in [-0.2, -0.15) is 0 Å². The van der Waals surface area contributed by atoms with Gasteiger partial charge in [0, 0.05) is 12.1 Å². The van der Waals surface area contributed by atoms with E-state index in [1.807, 2.05) is 29.7 Å². The van der Waals surface area contributed by atoms with Gasteiger partial charge >= 0.3 is 0 Å². The van der Waals surface area contributed by atoms with Gasteiger partial charge in [0.15, 0.2) is 28.3 Å². The number of para-hydroxylation sites is 1. The van der Waals surface area contributed by atoms with Gasteiger partial charge in [0.2, 0.25) is 0 Å². The van der Waals surface area contributed by atoms with Crippen molar-refractivity contribution in [3.63, 3.8) is 0 Å². The van der Waals surface area contributed by atoms with Crippen LogP contribution in [0.15, 0.2) is 59.8 Å². The molecule has 0 aliphatic carbocycles. The number of thioether (sulfide) groups is 1. The number of carbonyl (C=O) groups is 1. The van der Waals surface area contributed by atoms with Crippen molar-refractivity contribution in [2.45, 2.75) is 25.2 Å². The Labute approximate surface area is 155 Å². The third-order valence-corrected chi connectivity index (χ3v) is 4.70. The van der Waals surface area contributed by atoms with Crippen LogP contribution in [-0.2, 0) is 13.2 Å². The van der Waals surface area contributed by atoms with Gasteiger partial charge in [-0.25, -0.2) is 4.39 Å². The summed E-state index contributed by atoms with van der Waals surface area (Å²) in [6.45, 7) is 2.69. The monoisotopic (exact) mass is 371 g/mol. The second-order valence-electron chi connectivity index (χ2n) is 5.44. The zero-order valence-corrected chi connectivity index (χ0v) is 15.1. The first-order chi connectivity index (χ1) is 12.7. The standard InChI is InChI=1S/C19H18FN3O2S/c1-2-23-18(12-25-17-11-7-6-10-15(17)20)21-22-19(23)26-13-16(24)14-8-4-3-5-9-14/h3-11H,2,12-13H2,1H3. The molecule has 0 radical (unpaired) electrons. The number of carbonyl (C=O) groups excluding carboxylic acids is 1. The molecule has 0 spiro atoms. The molecule has 0 unspecified atom stereocenters. The van der Waals surface area contributed by atoms with Crippen LogP contribution in [0.5, 0.6) is 5.75 Å². The number of halogens is 1. The fourth-order valence-corrected chi connectivity index (χ4v) is 3.31. The predicted molar refractivity (Wildman–Crippen MR) is 97.9 cm³/mol. The summed E-state index contributed by atoms with van der Waals surface area (Å²) in [5, 5.41) is 8.90. The highest BCUT2D eigenvalue weighted by atomic mass is 32.2. The third kappa shape index (κ3) is 4.29. The Bertz CT molecular complexity index is 884. The zero-order chi connectivity index (χ0) is 18.4. The number of benzene rings is 2. The average molecular weight is 371 g/mol. The van der Waals surface area contributed by atoms with Gasteiger partial charge in [-0.1, -0.05) is 54.2 Å². The van der Waals surface area contributed by atoms with Gasteiger partial charge in [-0.3, -0.25) is 4.79 Å². The number of hydrogen-bond donors (Lipinski definition) is 0. The highest BCUT2D eigenvalue weighted by Crippen LogP contribution is 2.21. The molecule has 0 atom stereocenters. The molecule has 0 bridgehead atoms. The third-order valence-electron chi connectivity index (χ3n) is 3.73. The number of aromatic nitrogens is 3. The van der Waals surface area contributed by atoms with Crippen LogP contribution in [-0.4, -0.2) is 26.3 Å². The van der Waals surface area contributed by atoms with Crippen LogP contribution in [0.25, 0.3) is 0 Å². The van der Waals surface area contributed by atoms with E-state index in [4.69, 9.17) is 4.74 Å². The molecule has 0 saturated heterocycles. The molecule has 2 aromatic carbocycles. The van der Waals surface area contributed by atoms with Crippen molar-refractivity contribution in [3.05, 3.63) is 71.8 Å². The lowest BCUT2D eigenvalue weighted by Gasteiger charge is -2.09. The van der Waals surface area contributed by atoms with E-state index in [1.54, 1.807) is 30.3 Å². The fraction of sp³-hybridized carbons (Fsp3) is 0.211. The van der Waals surface area contributed by atoms with E-state index in [2.05, 4.69) is 10.2 Å². The summed E-state index contributed by atoms with van der Waals surface area (Å²) in [5.74, 6) is 0.650. The van der Waals surface area contributed by atoms with Gasteiger partial charge in [-0.05, 0) is 19.1 Å². The summed E-state index contributed by atoms with van der Waals surface area (Å²) in [6, 6.07) is 15.4. The first-order valence-corrected chi connectivity index (χ1v) is 9.18. The summed E-state index contributed by atoms with van der Waals surface area (Å²) >= 11 is 1.33. The van der Waals surface area contributed by atoms with Gasteiger partial charge in [-0.15, -0.1) is 10.2 Å². The Kier molecular flexibility index (Phi) is 6.01. The van der Waals surface area contributed by atoms with Gasteiger partial charge in [0.25, 0.3) is 0 Å². The largest absolute Gasteiger partial charge is 0.483 e. The van der Waals surface area contributed by atoms with Crippen molar-refractivity contribution < 1.29 is 13.9 Å². The highest BCUT2D eigenvalue weighted by molar-refractivity contribution is 7.99. The summed E-state index contributed by atoms with van der Waals surface area (Å²) in [5.41, 5.74) is 0.672. The molecule has 5 nitrogen and oxygen atoms in total. The van der Waals surface area contributed by atoms with E-state index in [1.165, 1.54) is 17.8 Å². The molecule has 26 heavy (non-hydrogen) atoms. The molecular weight excluding hydrogens is 353 g/mol. The fourth-order valence-electron chi connectivity index (χ4n) is 2.39. The Morgan fingerprint density at radius 2 is 1.85 bits per heavy atom. The van der Waals surface area contributed by atoms with Crippen molar-refractivity contribution in [2.24, 2.45) is 0 Å². The summed E-state index contributed by atoms with van der Waals surface area (Å²) < 4.78 is 21.0. The Morgan fingerprint density at radius 1 is 1.12 bits per heavy atom. The van der Waals surface area contributed by atoms with E-state index in [0.29, 0.717) is 23.1 Å². The van der Waals surface area contributed by atoms with Crippen LogP contribution in [0.1, 0.15) is 23.1 Å². The Balaban J connectivity index is 1.64. The molecule has 3 aromatic rings. The van der Waals surface area contributed by atoms with E-state index in [9.17, 15) is 9.18 Å². The van der Waals surface area contributed by atoms with Crippen molar-refractivity contribution in [3.8, 4) is 5.75 Å². The Morgan fingerprint density at radius 3 is 2.58 bits per heavy atom. The van der Waals surface area contributed by atoms with Gasteiger partial charge in [0.1, 0.15) is 6.61 Å². The second-order valence-corrected chi connectivity index (χ2v) is 6.38. The quantitative estimate of drug-likeness (QED) is 0.443. The first-order valence-electron chi connectivity index (χ1n) is 8.19. The predicted octanol–water partition coefficient (Wildman–Crippen LogP) is 3.99. The molecule has 0 saturated carbocycles. The van der Waals surface area contributed by atoms with Crippen molar-refractivity contribution in [2.75, 3.05) is 5.75 Å². The van der Waals surface area contributed by atoms with Gasteiger partial charge < -0.3 is 9.30 Å². The number of ketones is 1. The minimum Gasteiger partial charge on any atom is -0.483 e. The lowest BCUT2D eigenvalue weighted by Crippen LogP contribution is -2.08. The molecule has 134 valence electrons. The van der Waals surface area contributed by atoms with Crippen molar-refractivity contribution in [1.29, 1.82) is 0 Å². The maximum Gasteiger partial charge on any atom is 0.191 e. The minimum absolute atomic E-state index is 0.0328. The van der Waals surface area contributed by atoms with Gasteiger partial charge in [0.05, 0.1) is 5.75 Å².